The minimum Gasteiger partial charge on any atom is -0.310 e. The van der Waals surface area contributed by atoms with E-state index in [2.05, 4.69) is 29.1 Å². The van der Waals surface area contributed by atoms with E-state index >= 15 is 0 Å². The Bertz CT molecular complexity index is 620. The second-order valence-electron chi connectivity index (χ2n) is 5.98. The van der Waals surface area contributed by atoms with Crippen molar-refractivity contribution in [2.24, 2.45) is 5.41 Å². The predicted molar refractivity (Wildman–Crippen MR) is 90.9 cm³/mol. The minimum atomic E-state index is -0.502. The van der Waals surface area contributed by atoms with E-state index in [-0.39, 0.29) is 5.91 Å². The summed E-state index contributed by atoms with van der Waals surface area (Å²) in [5.41, 5.74) is 0.594. The summed E-state index contributed by atoms with van der Waals surface area (Å²) in [6.07, 6.45) is 0. The number of rotatable bonds is 3. The molecule has 110 valence electrons. The summed E-state index contributed by atoms with van der Waals surface area (Å²) in [5.74, 6) is 0.602. The molecule has 1 aromatic heterocycles. The first-order chi connectivity index (χ1) is 9.88. The summed E-state index contributed by atoms with van der Waals surface area (Å²) in [5, 5.41) is 4.17. The van der Waals surface area contributed by atoms with Gasteiger partial charge in [-0.3, -0.25) is 4.79 Å². The highest BCUT2D eigenvalue weighted by molar-refractivity contribution is 7.72. The van der Waals surface area contributed by atoms with Gasteiger partial charge in [-0.2, -0.15) is 0 Å². The molecule has 0 saturated heterocycles. The molecule has 0 radical (unpaired) electrons. The number of pyridine rings is 1. The van der Waals surface area contributed by atoms with Gasteiger partial charge in [0, 0.05) is 5.41 Å². The molecular weight excluding hydrogens is 279 g/mol. The third-order valence-electron chi connectivity index (χ3n) is 3.14. The molecule has 0 aliphatic rings. The lowest BCUT2D eigenvalue weighted by Gasteiger charge is -2.18. The Balaban J connectivity index is 2.20. The van der Waals surface area contributed by atoms with Gasteiger partial charge in [0.1, 0.15) is 5.82 Å². The lowest BCUT2D eigenvalue weighted by molar-refractivity contribution is -0.123. The van der Waals surface area contributed by atoms with Crippen LogP contribution < -0.4 is 16.1 Å². The van der Waals surface area contributed by atoms with Crippen LogP contribution in [0.5, 0.6) is 0 Å². The van der Waals surface area contributed by atoms with Gasteiger partial charge in [0.05, 0.1) is 5.44 Å². The second kappa shape index (κ2) is 6.36. The molecule has 0 aliphatic carbocycles. The third-order valence-corrected chi connectivity index (χ3v) is 5.15. The zero-order valence-corrected chi connectivity index (χ0v) is 13.8. The van der Waals surface area contributed by atoms with Gasteiger partial charge in [0.25, 0.3) is 0 Å². The molecule has 0 fully saturated rings. The number of nitrogens with zero attached hydrogens (tertiary/aromatic N) is 1. The van der Waals surface area contributed by atoms with Gasteiger partial charge in [-0.1, -0.05) is 57.2 Å². The predicted octanol–water partition coefficient (Wildman–Crippen LogP) is 3.13. The molecule has 1 aromatic carbocycles. The largest absolute Gasteiger partial charge is 0.310 e. The van der Waals surface area contributed by atoms with Crippen LogP contribution in [-0.2, 0) is 4.79 Å². The molecule has 0 bridgehead atoms. The van der Waals surface area contributed by atoms with Crippen LogP contribution in [0.4, 0.5) is 5.82 Å². The average Bonchev–Trinajstić information content (AvgIpc) is 2.46. The van der Waals surface area contributed by atoms with Crippen molar-refractivity contribution in [2.75, 3.05) is 12.0 Å². The van der Waals surface area contributed by atoms with Crippen LogP contribution in [0.25, 0.3) is 0 Å². The molecule has 4 heteroatoms. The van der Waals surface area contributed by atoms with Crippen molar-refractivity contribution < 1.29 is 4.79 Å². The average molecular weight is 300 g/mol. The van der Waals surface area contributed by atoms with Gasteiger partial charge in [0.2, 0.25) is 5.91 Å². The van der Waals surface area contributed by atoms with Gasteiger partial charge in [0.15, 0.2) is 0 Å². The number of hydrogen-bond acceptors (Lipinski definition) is 2. The van der Waals surface area contributed by atoms with Gasteiger partial charge in [-0.25, -0.2) is 4.98 Å². The first kappa shape index (κ1) is 15.7. The van der Waals surface area contributed by atoms with Gasteiger partial charge >= 0.3 is 0 Å². The highest BCUT2D eigenvalue weighted by Gasteiger charge is 2.21. The van der Waals surface area contributed by atoms with Gasteiger partial charge < -0.3 is 5.32 Å². The van der Waals surface area contributed by atoms with E-state index in [1.807, 2.05) is 57.2 Å². The number of carbonyl (C=O) groups excluding carboxylic acids is 1. The summed E-state index contributed by atoms with van der Waals surface area (Å²) in [6.45, 7) is 7.86. The van der Waals surface area contributed by atoms with Crippen molar-refractivity contribution in [1.29, 1.82) is 0 Å². The molecule has 0 saturated carbocycles. The van der Waals surface area contributed by atoms with Crippen LogP contribution in [0.1, 0.15) is 20.8 Å². The molecule has 3 nitrogen and oxygen atoms in total. The van der Waals surface area contributed by atoms with Crippen LogP contribution in [0.2, 0.25) is 0 Å². The number of nitrogens with one attached hydrogen (secondary N) is 1. The Labute approximate surface area is 127 Å². The zero-order chi connectivity index (χ0) is 15.5. The number of aromatic nitrogens is 1. The monoisotopic (exact) mass is 300 g/mol. The van der Waals surface area contributed by atoms with E-state index in [1.54, 1.807) is 0 Å². The van der Waals surface area contributed by atoms with Crippen molar-refractivity contribution >= 4 is 30.4 Å². The summed E-state index contributed by atoms with van der Waals surface area (Å²) in [4.78, 5) is 16.6. The van der Waals surface area contributed by atoms with E-state index in [9.17, 15) is 4.79 Å². The fraction of sp³-hybridized carbons (Fsp3) is 0.294. The molecule has 1 atom stereocenters. The van der Waals surface area contributed by atoms with Crippen molar-refractivity contribution in [3.63, 3.8) is 0 Å². The second-order valence-corrected chi connectivity index (χ2v) is 8.07. The number of hydrogen-bond donors (Lipinski definition) is 1. The summed E-state index contributed by atoms with van der Waals surface area (Å²) >= 11 is 0. The number of anilines is 1. The zero-order valence-electron chi connectivity index (χ0n) is 12.9. The van der Waals surface area contributed by atoms with Gasteiger partial charge in [-0.05, 0) is 32.0 Å². The Kier molecular flexibility index (Phi) is 4.74. The number of amides is 1. The van der Waals surface area contributed by atoms with E-state index in [0.29, 0.717) is 5.82 Å². The summed E-state index contributed by atoms with van der Waals surface area (Å²) < 4.78 is 0. The maximum atomic E-state index is 12.0. The van der Waals surface area contributed by atoms with Crippen LogP contribution in [0.15, 0.2) is 48.5 Å². The highest BCUT2D eigenvalue weighted by atomic mass is 31.1. The quantitative estimate of drug-likeness (QED) is 0.885. The third kappa shape index (κ3) is 4.12. The Morgan fingerprint density at radius 1 is 1.05 bits per heavy atom. The lowest BCUT2D eigenvalue weighted by atomic mass is 9.96. The molecule has 1 unspecified atom stereocenters. The van der Waals surface area contributed by atoms with Crippen molar-refractivity contribution in [2.45, 2.75) is 20.8 Å². The Hall–Kier alpha value is -1.73. The summed E-state index contributed by atoms with van der Waals surface area (Å²) in [6, 6.07) is 16.1. The molecule has 21 heavy (non-hydrogen) atoms. The molecule has 0 spiro atoms. The molecule has 1 heterocycles. The van der Waals surface area contributed by atoms with E-state index in [4.69, 9.17) is 0 Å². The van der Waals surface area contributed by atoms with Crippen molar-refractivity contribution in [3.05, 3.63) is 48.5 Å². The van der Waals surface area contributed by atoms with Crippen molar-refractivity contribution in [3.8, 4) is 0 Å². The van der Waals surface area contributed by atoms with Crippen LogP contribution in [0.3, 0.4) is 0 Å². The SMILES string of the molecule is CP(c1ccccc1)c1cccc(NC(=O)C(C)(C)C)n1. The molecule has 0 aliphatic heterocycles. The first-order valence-electron chi connectivity index (χ1n) is 6.95. The van der Waals surface area contributed by atoms with Crippen LogP contribution in [-0.4, -0.2) is 17.6 Å². The summed E-state index contributed by atoms with van der Waals surface area (Å²) in [7, 11) is -0.502. The topological polar surface area (TPSA) is 42.0 Å². The van der Waals surface area contributed by atoms with E-state index < -0.39 is 13.3 Å². The normalized spacial score (nSPS) is 12.8. The Morgan fingerprint density at radius 3 is 2.33 bits per heavy atom. The maximum absolute atomic E-state index is 12.0. The van der Waals surface area contributed by atoms with E-state index in [0.717, 1.165) is 5.44 Å². The first-order valence-corrected chi connectivity index (χ1v) is 8.74. The fourth-order valence-corrected chi connectivity index (χ4v) is 3.22. The van der Waals surface area contributed by atoms with Crippen LogP contribution in [0, 0.1) is 5.41 Å². The highest BCUT2D eigenvalue weighted by Crippen LogP contribution is 2.27. The minimum absolute atomic E-state index is 0.0210. The Morgan fingerprint density at radius 2 is 1.71 bits per heavy atom. The smallest absolute Gasteiger partial charge is 0.230 e. The molecule has 2 rings (SSSR count). The molecule has 1 N–H and O–H groups in total. The maximum Gasteiger partial charge on any atom is 0.230 e. The standard InChI is InChI=1S/C17H21N2OP/c1-17(2,3)16(20)19-14-11-8-12-15(18-14)21(4)13-9-6-5-7-10-13/h5-12H,1-4H3,(H,18,19,20). The lowest BCUT2D eigenvalue weighted by Crippen LogP contribution is -2.28. The molecule has 1 amide bonds. The van der Waals surface area contributed by atoms with E-state index in [1.165, 1.54) is 5.30 Å². The van der Waals surface area contributed by atoms with Crippen LogP contribution >= 0.6 is 7.92 Å². The van der Waals surface area contributed by atoms with Gasteiger partial charge in [-0.15, -0.1) is 0 Å². The van der Waals surface area contributed by atoms with Crippen molar-refractivity contribution in [1.82, 2.24) is 4.98 Å². The fourth-order valence-electron chi connectivity index (χ4n) is 1.77. The number of carbonyl (C=O) groups is 1. The molecule has 2 aromatic rings. The number of benzene rings is 1. The molecular formula is C17H21N2OP.